The van der Waals surface area contributed by atoms with Crippen molar-refractivity contribution in [1.82, 2.24) is 10.6 Å². The maximum Gasteiger partial charge on any atom is 0.253 e. The summed E-state index contributed by atoms with van der Waals surface area (Å²) in [5.41, 5.74) is 0.744. The number of rotatable bonds is 2. The van der Waals surface area contributed by atoms with Gasteiger partial charge in [-0.3, -0.25) is 15.1 Å². The summed E-state index contributed by atoms with van der Waals surface area (Å²) in [6.45, 7) is 2.52. The molecule has 1 aromatic rings. The van der Waals surface area contributed by atoms with E-state index in [9.17, 15) is 4.79 Å². The van der Waals surface area contributed by atoms with Crippen molar-refractivity contribution in [3.05, 3.63) is 33.3 Å². The van der Waals surface area contributed by atoms with Crippen LogP contribution in [0.5, 0.6) is 0 Å². The normalized spacial score (nSPS) is 21.5. The van der Waals surface area contributed by atoms with Crippen LogP contribution in [-0.2, 0) is 4.79 Å². The van der Waals surface area contributed by atoms with Crippen LogP contribution < -0.4 is 10.6 Å². The molecule has 90 valence electrons. The number of hydrogen-bond donors (Lipinski definition) is 2. The van der Waals surface area contributed by atoms with Crippen LogP contribution in [0.25, 0.3) is 0 Å². The SMILES string of the molecule is CCN=C1NC(=O)C(c2ccc(Br)cc2Cl)N1. The van der Waals surface area contributed by atoms with Gasteiger partial charge in [-0.25, -0.2) is 0 Å². The number of guanidine groups is 1. The maximum absolute atomic E-state index is 11.8. The summed E-state index contributed by atoms with van der Waals surface area (Å²) in [5, 5.41) is 6.23. The fourth-order valence-electron chi connectivity index (χ4n) is 1.63. The highest BCUT2D eigenvalue weighted by Gasteiger charge is 2.30. The number of amides is 1. The van der Waals surface area contributed by atoms with Crippen LogP contribution in [0.1, 0.15) is 18.5 Å². The summed E-state index contributed by atoms with van der Waals surface area (Å²) < 4.78 is 0.882. The molecule has 1 fully saturated rings. The second kappa shape index (κ2) is 5.06. The van der Waals surface area contributed by atoms with Crippen molar-refractivity contribution < 1.29 is 4.79 Å². The zero-order chi connectivity index (χ0) is 12.4. The predicted octanol–water partition coefficient (Wildman–Crippen LogP) is 2.24. The van der Waals surface area contributed by atoms with E-state index in [0.29, 0.717) is 17.5 Å². The van der Waals surface area contributed by atoms with E-state index in [1.54, 1.807) is 6.07 Å². The summed E-state index contributed by atoms with van der Waals surface area (Å²) in [5.74, 6) is 0.364. The summed E-state index contributed by atoms with van der Waals surface area (Å²) in [4.78, 5) is 15.9. The smallest absolute Gasteiger partial charge is 0.253 e. The van der Waals surface area contributed by atoms with E-state index in [1.807, 2.05) is 19.1 Å². The van der Waals surface area contributed by atoms with Gasteiger partial charge in [-0.2, -0.15) is 0 Å². The molecule has 1 amide bonds. The quantitative estimate of drug-likeness (QED) is 0.879. The Morgan fingerprint density at radius 1 is 1.53 bits per heavy atom. The molecule has 1 unspecified atom stereocenters. The number of nitrogens with one attached hydrogen (secondary N) is 2. The summed E-state index contributed by atoms with van der Waals surface area (Å²) in [6, 6.07) is 4.96. The van der Waals surface area contributed by atoms with Crippen LogP contribution in [0, 0.1) is 0 Å². The van der Waals surface area contributed by atoms with Gasteiger partial charge in [0.25, 0.3) is 5.91 Å². The zero-order valence-electron chi connectivity index (χ0n) is 9.13. The molecule has 2 rings (SSSR count). The topological polar surface area (TPSA) is 53.5 Å². The fourth-order valence-corrected chi connectivity index (χ4v) is 2.41. The molecule has 1 aliphatic heterocycles. The number of nitrogens with zero attached hydrogens (tertiary/aromatic N) is 1. The minimum atomic E-state index is -0.471. The number of hydrogen-bond acceptors (Lipinski definition) is 2. The highest BCUT2D eigenvalue weighted by Crippen LogP contribution is 2.27. The molecule has 0 radical (unpaired) electrons. The third kappa shape index (κ3) is 2.61. The van der Waals surface area contributed by atoms with E-state index < -0.39 is 6.04 Å². The van der Waals surface area contributed by atoms with Crippen LogP contribution >= 0.6 is 27.5 Å². The molecule has 1 atom stereocenters. The van der Waals surface area contributed by atoms with Crippen LogP contribution in [0.15, 0.2) is 27.7 Å². The number of benzene rings is 1. The van der Waals surface area contributed by atoms with E-state index in [2.05, 4.69) is 31.6 Å². The lowest BCUT2D eigenvalue weighted by Crippen LogP contribution is -2.25. The lowest BCUT2D eigenvalue weighted by molar-refractivity contribution is -0.120. The van der Waals surface area contributed by atoms with Crippen molar-refractivity contribution in [3.8, 4) is 0 Å². The minimum Gasteiger partial charge on any atom is -0.340 e. The first-order chi connectivity index (χ1) is 8.11. The molecule has 1 aliphatic rings. The van der Waals surface area contributed by atoms with E-state index in [1.165, 1.54) is 0 Å². The first-order valence-electron chi connectivity index (χ1n) is 5.18. The van der Waals surface area contributed by atoms with E-state index in [0.717, 1.165) is 10.0 Å². The Balaban J connectivity index is 2.29. The van der Waals surface area contributed by atoms with Crippen LogP contribution in [0.4, 0.5) is 0 Å². The van der Waals surface area contributed by atoms with Crippen LogP contribution in [-0.4, -0.2) is 18.4 Å². The molecular formula is C11H11BrClN3O. The Bertz CT molecular complexity index is 490. The Kier molecular flexibility index (Phi) is 3.69. The van der Waals surface area contributed by atoms with Gasteiger partial charge in [-0.1, -0.05) is 33.6 Å². The number of halogens is 2. The number of carbonyl (C=O) groups excluding carboxylic acids is 1. The molecule has 17 heavy (non-hydrogen) atoms. The molecule has 6 heteroatoms. The number of carbonyl (C=O) groups is 1. The Labute approximate surface area is 113 Å². The Hall–Kier alpha value is -1.07. The van der Waals surface area contributed by atoms with Crippen molar-refractivity contribution in [1.29, 1.82) is 0 Å². The highest BCUT2D eigenvalue weighted by molar-refractivity contribution is 9.10. The third-order valence-electron chi connectivity index (χ3n) is 2.37. The molecule has 0 bridgehead atoms. The predicted molar refractivity (Wildman–Crippen MR) is 71.1 cm³/mol. The van der Waals surface area contributed by atoms with Gasteiger partial charge < -0.3 is 5.32 Å². The minimum absolute atomic E-state index is 0.138. The number of aliphatic imine (C=N–C) groups is 1. The van der Waals surface area contributed by atoms with Gasteiger partial charge in [0.05, 0.1) is 0 Å². The fraction of sp³-hybridized carbons (Fsp3) is 0.273. The molecule has 0 aliphatic carbocycles. The van der Waals surface area contributed by atoms with Crippen LogP contribution in [0.2, 0.25) is 5.02 Å². The summed E-state index contributed by atoms with van der Waals surface area (Å²) in [6.07, 6.45) is 0. The van der Waals surface area contributed by atoms with Gasteiger partial charge in [-0.05, 0) is 19.1 Å². The molecule has 1 heterocycles. The Morgan fingerprint density at radius 2 is 2.29 bits per heavy atom. The molecule has 0 saturated carbocycles. The molecule has 0 aromatic heterocycles. The first-order valence-corrected chi connectivity index (χ1v) is 6.35. The second-order valence-electron chi connectivity index (χ2n) is 3.56. The lowest BCUT2D eigenvalue weighted by atomic mass is 10.1. The molecule has 4 nitrogen and oxygen atoms in total. The third-order valence-corrected chi connectivity index (χ3v) is 3.20. The molecule has 1 aromatic carbocycles. The highest BCUT2D eigenvalue weighted by atomic mass is 79.9. The van der Waals surface area contributed by atoms with Gasteiger partial charge >= 0.3 is 0 Å². The van der Waals surface area contributed by atoms with Crippen molar-refractivity contribution in [3.63, 3.8) is 0 Å². The van der Waals surface area contributed by atoms with Crippen molar-refractivity contribution in [2.75, 3.05) is 6.54 Å². The monoisotopic (exact) mass is 315 g/mol. The average molecular weight is 317 g/mol. The zero-order valence-corrected chi connectivity index (χ0v) is 11.5. The maximum atomic E-state index is 11.8. The summed E-state index contributed by atoms with van der Waals surface area (Å²) >= 11 is 9.44. The van der Waals surface area contributed by atoms with Crippen molar-refractivity contribution in [2.45, 2.75) is 13.0 Å². The first kappa shape index (κ1) is 12.4. The van der Waals surface area contributed by atoms with Crippen LogP contribution in [0.3, 0.4) is 0 Å². The van der Waals surface area contributed by atoms with Crippen molar-refractivity contribution in [2.24, 2.45) is 4.99 Å². The molecular weight excluding hydrogens is 305 g/mol. The van der Waals surface area contributed by atoms with Gasteiger partial charge in [0, 0.05) is 21.6 Å². The largest absolute Gasteiger partial charge is 0.340 e. The van der Waals surface area contributed by atoms with Gasteiger partial charge in [-0.15, -0.1) is 0 Å². The van der Waals surface area contributed by atoms with Gasteiger partial charge in [0.1, 0.15) is 6.04 Å². The van der Waals surface area contributed by atoms with Gasteiger partial charge in [0.15, 0.2) is 5.96 Å². The van der Waals surface area contributed by atoms with E-state index in [4.69, 9.17) is 11.6 Å². The Morgan fingerprint density at radius 3 is 2.94 bits per heavy atom. The molecule has 0 spiro atoms. The summed E-state index contributed by atoms with van der Waals surface area (Å²) in [7, 11) is 0. The lowest BCUT2D eigenvalue weighted by Gasteiger charge is -2.10. The second-order valence-corrected chi connectivity index (χ2v) is 4.88. The molecule has 2 N–H and O–H groups in total. The van der Waals surface area contributed by atoms with E-state index >= 15 is 0 Å². The average Bonchev–Trinajstić information content (AvgIpc) is 2.60. The molecule has 1 saturated heterocycles. The van der Waals surface area contributed by atoms with Crippen molar-refractivity contribution >= 4 is 39.4 Å². The standard InChI is InChI=1S/C11H11BrClN3O/c1-2-14-11-15-9(10(17)16-11)7-4-3-6(12)5-8(7)13/h3-5,9H,2H2,1H3,(H2,14,15,16,17). The van der Waals surface area contributed by atoms with Gasteiger partial charge in [0.2, 0.25) is 0 Å². The van der Waals surface area contributed by atoms with E-state index in [-0.39, 0.29) is 5.91 Å².